The zero-order valence-corrected chi connectivity index (χ0v) is 27.9. The number of anilines is 2. The van der Waals surface area contributed by atoms with Crippen LogP contribution in [0.1, 0.15) is 37.9 Å². The average Bonchev–Trinajstić information content (AvgIpc) is 3.05. The molecule has 0 aromatic heterocycles. The molecule has 0 aliphatic carbocycles. The van der Waals surface area contributed by atoms with Crippen molar-refractivity contribution in [2.24, 2.45) is 0 Å². The maximum Gasteiger partial charge on any atom is 0.272 e. The number of nitrogens with one attached hydrogen (secondary N) is 3. The van der Waals surface area contributed by atoms with Crippen molar-refractivity contribution in [2.75, 3.05) is 10.6 Å². The third kappa shape index (κ3) is 9.36. The number of halogens is 2. The normalized spacial score (nSPS) is 11.8. The van der Waals surface area contributed by atoms with Gasteiger partial charge in [0.25, 0.3) is 11.8 Å². The van der Waals surface area contributed by atoms with Gasteiger partial charge in [-0.15, -0.1) is 11.8 Å². The lowest BCUT2D eigenvalue weighted by Crippen LogP contribution is -2.30. The van der Waals surface area contributed by atoms with Gasteiger partial charge >= 0.3 is 0 Å². The molecule has 5 aromatic carbocycles. The first-order valence-corrected chi connectivity index (χ1v) is 16.3. The number of rotatable bonds is 10. The van der Waals surface area contributed by atoms with Crippen molar-refractivity contribution < 1.29 is 14.4 Å². The van der Waals surface area contributed by atoms with Gasteiger partial charge in [-0.1, -0.05) is 89.9 Å². The average molecular weight is 681 g/mol. The number of amides is 3. The minimum atomic E-state index is -0.573. The molecule has 0 saturated heterocycles. The molecule has 0 aliphatic rings. The van der Waals surface area contributed by atoms with Crippen LogP contribution in [-0.2, 0) is 9.59 Å². The summed E-state index contributed by atoms with van der Waals surface area (Å²) in [6.07, 6.45) is 1.50. The molecule has 3 N–H and O–H groups in total. The van der Waals surface area contributed by atoms with E-state index in [2.05, 4.69) is 22.0 Å². The first-order chi connectivity index (χ1) is 22.6. The monoisotopic (exact) mass is 679 g/mol. The van der Waals surface area contributed by atoms with Crippen LogP contribution in [-0.4, -0.2) is 17.7 Å². The zero-order chi connectivity index (χ0) is 33.3. The molecule has 6 nitrogen and oxygen atoms in total. The summed E-state index contributed by atoms with van der Waals surface area (Å²) in [5.74, 6) is -1.19. The largest absolute Gasteiger partial charge is 0.325 e. The summed E-state index contributed by atoms with van der Waals surface area (Å²) in [6.45, 7) is 3.98. The van der Waals surface area contributed by atoms with Crippen LogP contribution in [0.5, 0.6) is 0 Å². The molecule has 0 saturated carbocycles. The second-order valence-corrected chi connectivity index (χ2v) is 12.8. The molecule has 9 heteroatoms. The fourth-order valence-electron chi connectivity index (χ4n) is 4.85. The maximum atomic E-state index is 13.7. The van der Waals surface area contributed by atoms with E-state index in [0.717, 1.165) is 27.3 Å². The summed E-state index contributed by atoms with van der Waals surface area (Å²) in [7, 11) is 0. The summed E-state index contributed by atoms with van der Waals surface area (Å²) in [4.78, 5) is 41.1. The van der Waals surface area contributed by atoms with E-state index in [-0.39, 0.29) is 11.6 Å². The Balaban J connectivity index is 1.39. The minimum absolute atomic E-state index is 0.0175. The van der Waals surface area contributed by atoms with Crippen molar-refractivity contribution in [3.63, 3.8) is 0 Å². The lowest BCUT2D eigenvalue weighted by Gasteiger charge is -2.18. The molecular weight excluding hydrogens is 649 g/mol. The van der Waals surface area contributed by atoms with Gasteiger partial charge in [0.2, 0.25) is 5.91 Å². The fourth-order valence-corrected chi connectivity index (χ4v) is 6.40. The first kappa shape index (κ1) is 33.5. The Labute approximate surface area is 288 Å². The molecule has 0 heterocycles. The van der Waals surface area contributed by atoms with Crippen molar-refractivity contribution in [3.8, 4) is 0 Å². The van der Waals surface area contributed by atoms with Crippen LogP contribution in [0.15, 0.2) is 132 Å². The smallest absolute Gasteiger partial charge is 0.272 e. The SMILES string of the molecule is Cc1cc(C)cc(NC(=O)C(Sc2cccc(NC(=O)/C(=C\c3ccc(Cl)cc3Cl)NC(=O)c3ccccc3)c2)c2ccccc2)c1. The number of carbonyl (C=O) groups excluding carboxylic acids is 3. The van der Waals surface area contributed by atoms with E-state index in [1.807, 2.05) is 62.4 Å². The molecule has 1 unspecified atom stereocenters. The molecule has 0 spiro atoms. The lowest BCUT2D eigenvalue weighted by atomic mass is 10.1. The van der Waals surface area contributed by atoms with Crippen molar-refractivity contribution >= 4 is 70.1 Å². The molecule has 0 fully saturated rings. The topological polar surface area (TPSA) is 87.3 Å². The van der Waals surface area contributed by atoms with Gasteiger partial charge < -0.3 is 16.0 Å². The summed E-state index contributed by atoms with van der Waals surface area (Å²) in [5.41, 5.74) is 5.02. The number of hydrogen-bond acceptors (Lipinski definition) is 4. The fraction of sp³-hybridized carbons (Fsp3) is 0.0789. The maximum absolute atomic E-state index is 13.7. The Morgan fingerprint density at radius 2 is 1.38 bits per heavy atom. The standard InChI is InChI=1S/C38H31Cl2N3O3S/c1-24-18-25(2)20-31(19-24)42-38(46)35(26-10-5-3-6-11-26)47-32-15-9-14-30(23-32)41-37(45)34(21-28-16-17-29(39)22-33(28)40)43-36(44)27-12-7-4-8-13-27/h3-23,35H,1-2H3,(H,41,45)(H,42,46)(H,43,44)/b34-21+. The van der Waals surface area contributed by atoms with E-state index < -0.39 is 17.1 Å². The molecule has 0 bridgehead atoms. The third-order valence-electron chi connectivity index (χ3n) is 6.97. The van der Waals surface area contributed by atoms with Gasteiger partial charge in [0.15, 0.2) is 0 Å². The van der Waals surface area contributed by atoms with Crippen LogP contribution >= 0.6 is 35.0 Å². The number of thioether (sulfide) groups is 1. The predicted octanol–water partition coefficient (Wildman–Crippen LogP) is 9.49. The van der Waals surface area contributed by atoms with E-state index in [4.69, 9.17) is 23.2 Å². The first-order valence-electron chi connectivity index (χ1n) is 14.7. The zero-order valence-electron chi connectivity index (χ0n) is 25.6. The van der Waals surface area contributed by atoms with Gasteiger partial charge in [0.05, 0.1) is 0 Å². The highest BCUT2D eigenvalue weighted by atomic mass is 35.5. The molecule has 3 amide bonds. The summed E-state index contributed by atoms with van der Waals surface area (Å²) in [6, 6.07) is 36.1. The molecular formula is C38H31Cl2N3O3S. The highest BCUT2D eigenvalue weighted by Crippen LogP contribution is 2.37. The summed E-state index contributed by atoms with van der Waals surface area (Å²) >= 11 is 13.8. The number of hydrogen-bond donors (Lipinski definition) is 3. The van der Waals surface area contributed by atoms with Gasteiger partial charge in [0, 0.05) is 31.9 Å². The van der Waals surface area contributed by atoms with Gasteiger partial charge in [0.1, 0.15) is 10.9 Å². The quantitative estimate of drug-likeness (QED) is 0.101. The van der Waals surface area contributed by atoms with Gasteiger partial charge in [-0.2, -0.15) is 0 Å². The van der Waals surface area contributed by atoms with Crippen LogP contribution in [0.2, 0.25) is 10.0 Å². The Kier molecular flexibility index (Phi) is 11.2. The van der Waals surface area contributed by atoms with E-state index in [0.29, 0.717) is 26.9 Å². The molecule has 236 valence electrons. The number of aryl methyl sites for hydroxylation is 2. The number of carbonyl (C=O) groups is 3. The van der Waals surface area contributed by atoms with Crippen molar-refractivity contribution in [1.82, 2.24) is 5.32 Å². The predicted molar refractivity (Wildman–Crippen MR) is 193 cm³/mol. The molecule has 1 atom stereocenters. The minimum Gasteiger partial charge on any atom is -0.325 e. The van der Waals surface area contributed by atoms with E-state index in [9.17, 15) is 14.4 Å². The highest BCUT2D eigenvalue weighted by Gasteiger charge is 2.23. The van der Waals surface area contributed by atoms with Crippen LogP contribution < -0.4 is 16.0 Å². The Morgan fingerprint density at radius 1 is 0.702 bits per heavy atom. The molecule has 5 aromatic rings. The Hall–Kier alpha value is -4.82. The van der Waals surface area contributed by atoms with Crippen LogP contribution in [0.25, 0.3) is 6.08 Å². The van der Waals surface area contributed by atoms with Gasteiger partial charge in [-0.3, -0.25) is 14.4 Å². The van der Waals surface area contributed by atoms with E-state index in [1.165, 1.54) is 17.8 Å². The molecule has 5 rings (SSSR count). The highest BCUT2D eigenvalue weighted by molar-refractivity contribution is 8.00. The third-order valence-corrected chi connectivity index (χ3v) is 8.78. The second kappa shape index (κ2) is 15.6. The molecule has 0 radical (unpaired) electrons. The number of benzene rings is 5. The Bertz CT molecular complexity index is 1930. The molecule has 47 heavy (non-hydrogen) atoms. The van der Waals surface area contributed by atoms with E-state index >= 15 is 0 Å². The summed E-state index contributed by atoms with van der Waals surface area (Å²) in [5, 5.41) is 8.86. The molecule has 0 aliphatic heterocycles. The second-order valence-electron chi connectivity index (χ2n) is 10.8. The lowest BCUT2D eigenvalue weighted by molar-refractivity contribution is -0.116. The van der Waals surface area contributed by atoms with Crippen molar-refractivity contribution in [3.05, 3.63) is 165 Å². The van der Waals surface area contributed by atoms with Crippen LogP contribution in [0.4, 0.5) is 11.4 Å². The summed E-state index contributed by atoms with van der Waals surface area (Å²) < 4.78 is 0. The Morgan fingerprint density at radius 3 is 2.06 bits per heavy atom. The van der Waals surface area contributed by atoms with Crippen LogP contribution in [0.3, 0.4) is 0 Å². The van der Waals surface area contributed by atoms with Crippen molar-refractivity contribution in [1.29, 1.82) is 0 Å². The van der Waals surface area contributed by atoms with Gasteiger partial charge in [-0.25, -0.2) is 0 Å². The van der Waals surface area contributed by atoms with E-state index in [1.54, 1.807) is 66.7 Å². The van der Waals surface area contributed by atoms with Crippen molar-refractivity contribution in [2.45, 2.75) is 24.0 Å². The van der Waals surface area contributed by atoms with Gasteiger partial charge in [-0.05, 0) is 96.8 Å². The van der Waals surface area contributed by atoms with Crippen LogP contribution in [0, 0.1) is 13.8 Å².